The summed E-state index contributed by atoms with van der Waals surface area (Å²) in [6.45, 7) is 1.55. The number of rotatable bonds is 2. The first kappa shape index (κ1) is 14.6. The summed E-state index contributed by atoms with van der Waals surface area (Å²) in [6.07, 6.45) is 0. The maximum Gasteiger partial charge on any atom is 0.534 e. The van der Waals surface area contributed by atoms with Crippen molar-refractivity contribution in [2.45, 2.75) is 12.4 Å². The van der Waals surface area contributed by atoms with E-state index in [-0.39, 0.29) is 5.39 Å². The van der Waals surface area contributed by atoms with Crippen LogP contribution >= 0.6 is 0 Å². The summed E-state index contributed by atoms with van der Waals surface area (Å²) < 4.78 is 76.2. The summed E-state index contributed by atoms with van der Waals surface area (Å²) in [4.78, 5) is 0. The van der Waals surface area contributed by atoms with Gasteiger partial charge in [0.1, 0.15) is 5.82 Å². The lowest BCUT2D eigenvalue weighted by Gasteiger charge is -2.12. The minimum absolute atomic E-state index is 0.0524. The fourth-order valence-corrected chi connectivity index (χ4v) is 2.14. The van der Waals surface area contributed by atoms with E-state index < -0.39 is 27.2 Å². The molecule has 20 heavy (non-hydrogen) atoms. The van der Waals surface area contributed by atoms with Crippen LogP contribution < -0.4 is 4.18 Å². The highest BCUT2D eigenvalue weighted by Gasteiger charge is 2.48. The molecule has 3 nitrogen and oxygen atoms in total. The highest BCUT2D eigenvalue weighted by molar-refractivity contribution is 7.88. The summed E-state index contributed by atoms with van der Waals surface area (Å²) in [5.74, 6) is -1.27. The molecule has 2 rings (SSSR count). The van der Waals surface area contributed by atoms with Gasteiger partial charge in [-0.3, -0.25) is 0 Å². The molecule has 0 aromatic heterocycles. The van der Waals surface area contributed by atoms with Gasteiger partial charge in [0.15, 0.2) is 5.75 Å². The molecule has 0 aliphatic carbocycles. The van der Waals surface area contributed by atoms with Crippen LogP contribution in [0.25, 0.3) is 10.8 Å². The largest absolute Gasteiger partial charge is 0.534 e. The van der Waals surface area contributed by atoms with Gasteiger partial charge in [0.2, 0.25) is 0 Å². The summed E-state index contributed by atoms with van der Waals surface area (Å²) in [5.41, 5.74) is -5.06. The zero-order valence-corrected chi connectivity index (χ0v) is 10.8. The van der Waals surface area contributed by atoms with E-state index in [1.807, 2.05) is 0 Å². The lowest BCUT2D eigenvalue weighted by molar-refractivity contribution is -0.0499. The molecule has 0 bridgehead atoms. The van der Waals surface area contributed by atoms with Crippen molar-refractivity contribution >= 4 is 20.9 Å². The van der Waals surface area contributed by atoms with E-state index in [0.29, 0.717) is 10.9 Å². The molecule has 8 heteroatoms. The van der Waals surface area contributed by atoms with Crippen LogP contribution in [0.4, 0.5) is 17.6 Å². The molecule has 0 spiro atoms. The lowest BCUT2D eigenvalue weighted by atomic mass is 10.1. The molecule has 0 N–H and O–H groups in total. The number of fused-ring (bicyclic) bond motifs is 1. The van der Waals surface area contributed by atoms with Gasteiger partial charge in [-0.1, -0.05) is 12.1 Å². The van der Waals surface area contributed by atoms with Crippen molar-refractivity contribution < 1.29 is 30.2 Å². The number of benzene rings is 2. The molecule has 0 radical (unpaired) electrons. The van der Waals surface area contributed by atoms with Gasteiger partial charge >= 0.3 is 15.6 Å². The third kappa shape index (κ3) is 2.69. The van der Waals surface area contributed by atoms with Crippen molar-refractivity contribution in [3.63, 3.8) is 0 Å². The van der Waals surface area contributed by atoms with Crippen LogP contribution in [-0.2, 0) is 10.1 Å². The lowest BCUT2D eigenvalue weighted by Crippen LogP contribution is -2.28. The fourth-order valence-electron chi connectivity index (χ4n) is 1.67. The van der Waals surface area contributed by atoms with E-state index in [9.17, 15) is 26.0 Å². The van der Waals surface area contributed by atoms with Crippen LogP contribution in [0.15, 0.2) is 30.3 Å². The SMILES string of the molecule is Cc1cc(OS(=O)(=O)C(F)(F)F)c2cc(F)ccc2c1. The zero-order valence-electron chi connectivity index (χ0n) is 10.0. The van der Waals surface area contributed by atoms with E-state index in [4.69, 9.17) is 0 Å². The standard InChI is InChI=1S/C12H8F4O3S/c1-7-4-8-2-3-9(13)6-10(8)11(5-7)19-20(17,18)12(14,15)16/h2-6H,1H3. The second kappa shape index (κ2) is 4.62. The normalized spacial score (nSPS) is 12.7. The molecule has 0 aliphatic heterocycles. The highest BCUT2D eigenvalue weighted by atomic mass is 32.2. The first-order valence-corrected chi connectivity index (χ1v) is 6.72. The van der Waals surface area contributed by atoms with E-state index in [0.717, 1.165) is 18.2 Å². The van der Waals surface area contributed by atoms with Gasteiger partial charge in [-0.15, -0.1) is 0 Å². The second-order valence-corrected chi connectivity index (χ2v) is 5.65. The minimum Gasteiger partial charge on any atom is -0.375 e. The molecular formula is C12H8F4O3S. The number of halogens is 4. The smallest absolute Gasteiger partial charge is 0.375 e. The van der Waals surface area contributed by atoms with E-state index in [1.165, 1.54) is 6.07 Å². The van der Waals surface area contributed by atoms with Crippen molar-refractivity contribution in [3.8, 4) is 5.75 Å². The van der Waals surface area contributed by atoms with Gasteiger partial charge in [0, 0.05) is 5.39 Å². The van der Waals surface area contributed by atoms with Crippen LogP contribution in [0.3, 0.4) is 0 Å². The van der Waals surface area contributed by atoms with Crippen molar-refractivity contribution in [1.82, 2.24) is 0 Å². The van der Waals surface area contributed by atoms with Crippen LogP contribution in [0.2, 0.25) is 0 Å². The minimum atomic E-state index is -5.79. The Balaban J connectivity index is 2.63. The van der Waals surface area contributed by atoms with Crippen molar-refractivity contribution in [2.24, 2.45) is 0 Å². The number of hydrogen-bond acceptors (Lipinski definition) is 3. The predicted molar refractivity (Wildman–Crippen MR) is 64.2 cm³/mol. The molecule has 2 aromatic carbocycles. The number of aryl methyl sites for hydroxylation is 1. The van der Waals surface area contributed by atoms with Crippen molar-refractivity contribution in [2.75, 3.05) is 0 Å². The topological polar surface area (TPSA) is 43.4 Å². The molecule has 0 heterocycles. The molecule has 0 unspecified atom stereocenters. The van der Waals surface area contributed by atoms with E-state index >= 15 is 0 Å². The Morgan fingerprint density at radius 2 is 1.75 bits per heavy atom. The first-order chi connectivity index (χ1) is 9.10. The van der Waals surface area contributed by atoms with Gasteiger partial charge in [-0.2, -0.15) is 21.6 Å². The Hall–Kier alpha value is -1.83. The third-order valence-electron chi connectivity index (χ3n) is 2.51. The van der Waals surface area contributed by atoms with Gasteiger partial charge in [-0.25, -0.2) is 4.39 Å². The fraction of sp³-hybridized carbons (Fsp3) is 0.167. The first-order valence-electron chi connectivity index (χ1n) is 5.31. The number of alkyl halides is 3. The van der Waals surface area contributed by atoms with Crippen LogP contribution in [0, 0.1) is 12.7 Å². The molecule has 0 saturated heterocycles. The van der Waals surface area contributed by atoms with Gasteiger partial charge < -0.3 is 4.18 Å². The quantitative estimate of drug-likeness (QED) is 0.484. The molecule has 0 amide bonds. The number of hydrogen-bond donors (Lipinski definition) is 0. The summed E-state index contributed by atoms with van der Waals surface area (Å²) in [6, 6.07) is 6.03. The monoisotopic (exact) mass is 308 g/mol. The maximum atomic E-state index is 13.2. The Kier molecular flexibility index (Phi) is 3.37. The van der Waals surface area contributed by atoms with Crippen LogP contribution in [-0.4, -0.2) is 13.9 Å². The average molecular weight is 308 g/mol. The van der Waals surface area contributed by atoms with Gasteiger partial charge in [0.05, 0.1) is 0 Å². The van der Waals surface area contributed by atoms with Gasteiger partial charge in [-0.05, 0) is 36.1 Å². The van der Waals surface area contributed by atoms with Crippen molar-refractivity contribution in [1.29, 1.82) is 0 Å². The molecular weight excluding hydrogens is 300 g/mol. The Bertz CT molecular complexity index is 766. The average Bonchev–Trinajstić information content (AvgIpc) is 2.28. The van der Waals surface area contributed by atoms with Crippen LogP contribution in [0.5, 0.6) is 5.75 Å². The van der Waals surface area contributed by atoms with E-state index in [2.05, 4.69) is 4.18 Å². The Morgan fingerprint density at radius 1 is 1.10 bits per heavy atom. The summed E-state index contributed by atoms with van der Waals surface area (Å²) in [7, 11) is -5.79. The molecule has 108 valence electrons. The maximum absolute atomic E-state index is 13.2. The molecule has 0 saturated carbocycles. The Morgan fingerprint density at radius 3 is 2.35 bits per heavy atom. The summed E-state index contributed by atoms with van der Waals surface area (Å²) in [5, 5.41) is 0.321. The zero-order chi connectivity index (χ0) is 15.1. The van der Waals surface area contributed by atoms with E-state index in [1.54, 1.807) is 13.0 Å². The molecule has 0 atom stereocenters. The molecule has 0 fully saturated rings. The summed E-state index contributed by atoms with van der Waals surface area (Å²) >= 11 is 0. The Labute approximate surface area is 111 Å². The molecule has 2 aromatic rings. The second-order valence-electron chi connectivity index (χ2n) is 4.11. The van der Waals surface area contributed by atoms with Crippen LogP contribution in [0.1, 0.15) is 5.56 Å². The highest BCUT2D eigenvalue weighted by Crippen LogP contribution is 2.33. The third-order valence-corrected chi connectivity index (χ3v) is 3.47. The van der Waals surface area contributed by atoms with Crippen molar-refractivity contribution in [3.05, 3.63) is 41.7 Å². The predicted octanol–water partition coefficient (Wildman–Crippen LogP) is 3.52. The van der Waals surface area contributed by atoms with Gasteiger partial charge in [0.25, 0.3) is 0 Å². The molecule has 0 aliphatic rings.